The molecule has 11 nitrogen and oxygen atoms in total. The average Bonchev–Trinajstić information content (AvgIpc) is 2.93. The molecule has 0 saturated carbocycles. The Morgan fingerprint density at radius 1 is 1.24 bits per heavy atom. The van der Waals surface area contributed by atoms with E-state index in [1.54, 1.807) is 31.4 Å². The van der Waals surface area contributed by atoms with E-state index in [1.165, 1.54) is 25.1 Å². The number of rotatable bonds is 8. The molecule has 0 aliphatic carbocycles. The number of halogens is 1. The van der Waals surface area contributed by atoms with Gasteiger partial charge in [0.15, 0.2) is 0 Å². The van der Waals surface area contributed by atoms with Crippen molar-refractivity contribution >= 4 is 40.4 Å². The molecular formula is C25H28FN7O4S. The number of methoxy groups -OCH3 is 2. The summed E-state index contributed by atoms with van der Waals surface area (Å²) in [5, 5.41) is 4.56. The molecule has 0 spiro atoms. The van der Waals surface area contributed by atoms with E-state index in [0.29, 0.717) is 73.3 Å². The summed E-state index contributed by atoms with van der Waals surface area (Å²) in [6.45, 7) is 2.81. The number of ether oxygens (including phenoxy) is 2. The summed E-state index contributed by atoms with van der Waals surface area (Å²) >= 11 is 1.39. The van der Waals surface area contributed by atoms with Gasteiger partial charge in [-0.25, -0.2) is 19.4 Å². The van der Waals surface area contributed by atoms with Crippen LogP contribution in [0.25, 0.3) is 11.0 Å². The number of pyridine rings is 3. The minimum Gasteiger partial charge on any atom is -0.481 e. The number of nitrogens with zero attached hydrogens (tertiary/aromatic N) is 5. The molecule has 3 aromatic rings. The molecule has 2 aliphatic rings. The highest BCUT2D eigenvalue weighted by Crippen LogP contribution is 2.29. The number of piperazine rings is 1. The van der Waals surface area contributed by atoms with E-state index >= 15 is 0 Å². The molecule has 2 amide bonds. The van der Waals surface area contributed by atoms with Gasteiger partial charge in [-0.2, -0.15) is 0 Å². The number of amides is 2. The Kier molecular flexibility index (Phi) is 7.98. The average molecular weight is 542 g/mol. The highest BCUT2D eigenvalue weighted by Gasteiger charge is 2.29. The van der Waals surface area contributed by atoms with Gasteiger partial charge in [0.2, 0.25) is 11.8 Å². The SMILES string of the molecule is COCC1CN(CCc2c(F)cnc3ccc(OC)nc23)CCN1NC(=O)c1ccc2c(n1)NC(=O)CS2. The number of thioether (sulfide) groups is 1. The van der Waals surface area contributed by atoms with Crippen LogP contribution in [0.3, 0.4) is 0 Å². The van der Waals surface area contributed by atoms with Crippen molar-refractivity contribution in [2.45, 2.75) is 17.4 Å². The quantitative estimate of drug-likeness (QED) is 0.436. The number of hydrazine groups is 1. The maximum Gasteiger partial charge on any atom is 0.284 e. The Balaban J connectivity index is 1.24. The van der Waals surface area contributed by atoms with Gasteiger partial charge in [-0.05, 0) is 24.6 Å². The van der Waals surface area contributed by atoms with Gasteiger partial charge in [-0.3, -0.25) is 24.9 Å². The number of fused-ring (bicyclic) bond motifs is 2. The molecule has 1 fully saturated rings. The number of carbonyl (C=O) groups is 2. The molecule has 3 aromatic heterocycles. The van der Waals surface area contributed by atoms with Crippen LogP contribution in [0.15, 0.2) is 35.4 Å². The molecule has 5 rings (SSSR count). The fourth-order valence-electron chi connectivity index (χ4n) is 4.58. The highest BCUT2D eigenvalue weighted by molar-refractivity contribution is 8.00. The molecule has 0 bridgehead atoms. The Bertz CT molecular complexity index is 1360. The molecule has 38 heavy (non-hydrogen) atoms. The third-order valence-electron chi connectivity index (χ3n) is 6.51. The first kappa shape index (κ1) is 26.2. The molecule has 5 heterocycles. The fourth-order valence-corrected chi connectivity index (χ4v) is 5.34. The van der Waals surface area contributed by atoms with Crippen molar-refractivity contribution in [1.82, 2.24) is 30.3 Å². The predicted octanol–water partition coefficient (Wildman–Crippen LogP) is 1.74. The summed E-state index contributed by atoms with van der Waals surface area (Å²) in [5.41, 5.74) is 4.76. The number of aromatic nitrogens is 3. The summed E-state index contributed by atoms with van der Waals surface area (Å²) in [6, 6.07) is 6.79. The van der Waals surface area contributed by atoms with Gasteiger partial charge in [-0.1, -0.05) is 0 Å². The van der Waals surface area contributed by atoms with Crippen molar-refractivity contribution in [1.29, 1.82) is 0 Å². The van der Waals surface area contributed by atoms with Gasteiger partial charge in [0.25, 0.3) is 5.91 Å². The molecule has 0 radical (unpaired) electrons. The van der Waals surface area contributed by atoms with Crippen molar-refractivity contribution in [3.8, 4) is 5.88 Å². The molecule has 1 atom stereocenters. The first-order valence-corrected chi connectivity index (χ1v) is 13.1. The number of carbonyl (C=O) groups excluding carboxylic acids is 2. The molecule has 1 unspecified atom stereocenters. The molecule has 200 valence electrons. The van der Waals surface area contributed by atoms with Crippen LogP contribution in [0.4, 0.5) is 10.2 Å². The lowest BCUT2D eigenvalue weighted by atomic mass is 10.1. The maximum atomic E-state index is 14.7. The zero-order chi connectivity index (χ0) is 26.6. The van der Waals surface area contributed by atoms with Crippen molar-refractivity contribution in [2.24, 2.45) is 0 Å². The van der Waals surface area contributed by atoms with Gasteiger partial charge >= 0.3 is 0 Å². The minimum absolute atomic E-state index is 0.122. The number of anilines is 1. The predicted molar refractivity (Wildman–Crippen MR) is 140 cm³/mol. The van der Waals surface area contributed by atoms with Crippen molar-refractivity contribution < 1.29 is 23.5 Å². The van der Waals surface area contributed by atoms with E-state index in [4.69, 9.17) is 9.47 Å². The Labute approximate surface area is 223 Å². The smallest absolute Gasteiger partial charge is 0.284 e. The molecular weight excluding hydrogens is 513 g/mol. The van der Waals surface area contributed by atoms with Crippen LogP contribution in [0, 0.1) is 5.82 Å². The van der Waals surface area contributed by atoms with Crippen LogP contribution in [0.1, 0.15) is 16.1 Å². The lowest BCUT2D eigenvalue weighted by Crippen LogP contribution is -2.61. The monoisotopic (exact) mass is 541 g/mol. The zero-order valence-corrected chi connectivity index (χ0v) is 21.9. The van der Waals surface area contributed by atoms with E-state index in [1.807, 2.05) is 5.01 Å². The van der Waals surface area contributed by atoms with Crippen LogP contribution >= 0.6 is 11.8 Å². The summed E-state index contributed by atoms with van der Waals surface area (Å²) in [6.07, 6.45) is 1.67. The van der Waals surface area contributed by atoms with E-state index in [9.17, 15) is 14.0 Å². The second-order valence-electron chi connectivity index (χ2n) is 8.98. The van der Waals surface area contributed by atoms with Gasteiger partial charge in [0.1, 0.15) is 17.3 Å². The second kappa shape index (κ2) is 11.6. The normalized spacial score (nSPS) is 18.2. The Hall–Kier alpha value is -3.39. The first-order valence-electron chi connectivity index (χ1n) is 12.2. The summed E-state index contributed by atoms with van der Waals surface area (Å²) < 4.78 is 25.4. The van der Waals surface area contributed by atoms with Crippen molar-refractivity contribution in [3.05, 3.63) is 47.5 Å². The lowest BCUT2D eigenvalue weighted by molar-refractivity contribution is -0.113. The lowest BCUT2D eigenvalue weighted by Gasteiger charge is -2.41. The van der Waals surface area contributed by atoms with E-state index < -0.39 is 5.82 Å². The first-order chi connectivity index (χ1) is 18.4. The summed E-state index contributed by atoms with van der Waals surface area (Å²) in [4.78, 5) is 40.6. The Morgan fingerprint density at radius 3 is 2.92 bits per heavy atom. The van der Waals surface area contributed by atoms with Crippen LogP contribution < -0.4 is 15.5 Å². The van der Waals surface area contributed by atoms with E-state index in [0.717, 1.165) is 4.90 Å². The van der Waals surface area contributed by atoms with Crippen LogP contribution in [-0.4, -0.2) is 95.5 Å². The van der Waals surface area contributed by atoms with Gasteiger partial charge in [0.05, 0.1) is 47.6 Å². The minimum atomic E-state index is -0.398. The third kappa shape index (κ3) is 5.70. The van der Waals surface area contributed by atoms with E-state index in [-0.39, 0.29) is 23.6 Å². The Morgan fingerprint density at radius 2 is 2.11 bits per heavy atom. The molecule has 13 heteroatoms. The van der Waals surface area contributed by atoms with Crippen LogP contribution in [0.5, 0.6) is 5.88 Å². The van der Waals surface area contributed by atoms with E-state index in [2.05, 4.69) is 30.6 Å². The zero-order valence-electron chi connectivity index (χ0n) is 21.1. The molecule has 2 aliphatic heterocycles. The van der Waals surface area contributed by atoms with Crippen molar-refractivity contribution in [3.63, 3.8) is 0 Å². The van der Waals surface area contributed by atoms with Crippen molar-refractivity contribution in [2.75, 3.05) is 58.1 Å². The summed E-state index contributed by atoms with van der Waals surface area (Å²) in [5.74, 6) is 0.240. The van der Waals surface area contributed by atoms with Crippen LogP contribution in [0.2, 0.25) is 0 Å². The topological polar surface area (TPSA) is 122 Å². The number of nitrogens with one attached hydrogen (secondary N) is 2. The maximum absolute atomic E-state index is 14.7. The van der Waals surface area contributed by atoms with Gasteiger partial charge < -0.3 is 14.8 Å². The molecule has 2 N–H and O–H groups in total. The number of hydrogen-bond donors (Lipinski definition) is 2. The third-order valence-corrected chi connectivity index (χ3v) is 7.55. The fraction of sp³-hybridized carbons (Fsp3) is 0.400. The standard InChI is InChI=1S/C25H28FN7O4S/c1-36-13-15-12-32(8-7-16-17(26)11-27-18-4-6-22(37-2)30-23(16)18)9-10-33(15)31-25(35)19-3-5-20-24(28-19)29-21(34)14-38-20/h3-6,11,15H,7-10,12-14H2,1-2H3,(H,31,35)(H,28,29,34). The molecule has 1 saturated heterocycles. The van der Waals surface area contributed by atoms with Gasteiger partial charge in [0, 0.05) is 44.9 Å². The van der Waals surface area contributed by atoms with Gasteiger partial charge in [-0.15, -0.1) is 11.8 Å². The van der Waals surface area contributed by atoms with Crippen LogP contribution in [-0.2, 0) is 16.0 Å². The molecule has 0 aromatic carbocycles. The highest BCUT2D eigenvalue weighted by atomic mass is 32.2. The summed E-state index contributed by atoms with van der Waals surface area (Å²) in [7, 11) is 3.13. The number of hydrogen-bond acceptors (Lipinski definition) is 10. The largest absolute Gasteiger partial charge is 0.481 e. The second-order valence-corrected chi connectivity index (χ2v) is 10.00.